The Morgan fingerprint density at radius 2 is 1.37 bits per heavy atom. The van der Waals surface area contributed by atoms with E-state index in [0.29, 0.717) is 18.7 Å². The number of nitrogens with zero attached hydrogens (tertiary/aromatic N) is 1. The van der Waals surface area contributed by atoms with Crippen LogP contribution in [0.3, 0.4) is 0 Å². The molecular weight excluding hydrogens is 396 g/mol. The van der Waals surface area contributed by atoms with Crippen molar-refractivity contribution in [1.29, 1.82) is 0 Å². The van der Waals surface area contributed by atoms with Crippen molar-refractivity contribution in [1.82, 2.24) is 9.62 Å². The summed E-state index contributed by atoms with van der Waals surface area (Å²) in [5.41, 5.74) is 2.34. The molecule has 0 spiro atoms. The minimum Gasteiger partial charge on any atom is -0.348 e. The van der Waals surface area contributed by atoms with Crippen LogP contribution in [-0.2, 0) is 23.1 Å². The van der Waals surface area contributed by atoms with E-state index >= 15 is 0 Å². The highest BCUT2D eigenvalue weighted by Crippen LogP contribution is 2.21. The zero-order valence-electron chi connectivity index (χ0n) is 17.2. The Bertz CT molecular complexity index is 1060. The van der Waals surface area contributed by atoms with Crippen LogP contribution in [0.25, 0.3) is 0 Å². The Morgan fingerprint density at radius 3 is 1.90 bits per heavy atom. The standard InChI is InChI=1S/C24H26N2O3S/c1-19(2)26(18-21-11-7-4-8-12-21)30(28,29)23-15-13-22(14-16-23)24(27)25-17-20-9-5-3-6-10-20/h3-16,19H,17-18H2,1-2H3,(H,25,27). The van der Waals surface area contributed by atoms with Crippen molar-refractivity contribution in [3.8, 4) is 0 Å². The lowest BCUT2D eigenvalue weighted by molar-refractivity contribution is 0.0951. The second-order valence-electron chi connectivity index (χ2n) is 7.32. The van der Waals surface area contributed by atoms with Crippen LogP contribution in [0.5, 0.6) is 0 Å². The van der Waals surface area contributed by atoms with Gasteiger partial charge in [0.2, 0.25) is 10.0 Å². The van der Waals surface area contributed by atoms with Gasteiger partial charge >= 0.3 is 0 Å². The van der Waals surface area contributed by atoms with Crippen molar-refractivity contribution < 1.29 is 13.2 Å². The van der Waals surface area contributed by atoms with E-state index < -0.39 is 10.0 Å². The second-order valence-corrected chi connectivity index (χ2v) is 9.21. The maximum atomic E-state index is 13.2. The third kappa shape index (κ3) is 5.34. The van der Waals surface area contributed by atoms with Crippen molar-refractivity contribution >= 4 is 15.9 Å². The van der Waals surface area contributed by atoms with E-state index in [0.717, 1.165) is 11.1 Å². The maximum Gasteiger partial charge on any atom is 0.251 e. The molecule has 3 aromatic carbocycles. The number of carbonyl (C=O) groups excluding carboxylic acids is 1. The predicted molar refractivity (Wildman–Crippen MR) is 118 cm³/mol. The third-order valence-corrected chi connectivity index (χ3v) is 6.81. The molecule has 0 atom stereocenters. The molecule has 3 rings (SSSR count). The smallest absolute Gasteiger partial charge is 0.251 e. The topological polar surface area (TPSA) is 66.5 Å². The molecule has 0 saturated heterocycles. The van der Waals surface area contributed by atoms with Crippen molar-refractivity contribution in [2.24, 2.45) is 0 Å². The maximum absolute atomic E-state index is 13.2. The van der Waals surface area contributed by atoms with E-state index in [9.17, 15) is 13.2 Å². The first-order valence-electron chi connectivity index (χ1n) is 9.86. The second kappa shape index (κ2) is 9.69. The van der Waals surface area contributed by atoms with E-state index in [1.165, 1.54) is 16.4 Å². The van der Waals surface area contributed by atoms with Crippen molar-refractivity contribution in [3.63, 3.8) is 0 Å². The fourth-order valence-electron chi connectivity index (χ4n) is 3.10. The van der Waals surface area contributed by atoms with Gasteiger partial charge in [-0.25, -0.2) is 8.42 Å². The molecule has 1 N–H and O–H groups in total. The molecule has 0 aliphatic heterocycles. The molecule has 5 nitrogen and oxygen atoms in total. The number of carbonyl (C=O) groups is 1. The first-order chi connectivity index (χ1) is 14.4. The number of amides is 1. The van der Waals surface area contributed by atoms with Crippen LogP contribution in [0.15, 0.2) is 89.8 Å². The number of sulfonamides is 1. The van der Waals surface area contributed by atoms with Gasteiger partial charge in [0.15, 0.2) is 0 Å². The van der Waals surface area contributed by atoms with Gasteiger partial charge in [-0.05, 0) is 49.2 Å². The Hall–Kier alpha value is -2.96. The van der Waals surface area contributed by atoms with Gasteiger partial charge in [0, 0.05) is 24.7 Å². The minimum absolute atomic E-state index is 0.173. The van der Waals surface area contributed by atoms with Gasteiger partial charge in [0.25, 0.3) is 5.91 Å². The molecule has 0 fully saturated rings. The number of benzene rings is 3. The highest BCUT2D eigenvalue weighted by molar-refractivity contribution is 7.89. The molecule has 0 saturated carbocycles. The first-order valence-corrected chi connectivity index (χ1v) is 11.3. The number of rotatable bonds is 8. The number of hydrogen-bond donors (Lipinski definition) is 1. The van der Waals surface area contributed by atoms with Crippen LogP contribution in [0.1, 0.15) is 35.3 Å². The van der Waals surface area contributed by atoms with Crippen molar-refractivity contribution in [3.05, 3.63) is 102 Å². The fraction of sp³-hybridized carbons (Fsp3) is 0.208. The van der Waals surface area contributed by atoms with Gasteiger partial charge in [0.05, 0.1) is 4.90 Å². The Kier molecular flexibility index (Phi) is 7.03. The SMILES string of the molecule is CC(C)N(Cc1ccccc1)S(=O)(=O)c1ccc(C(=O)NCc2ccccc2)cc1. The lowest BCUT2D eigenvalue weighted by atomic mass is 10.2. The summed E-state index contributed by atoms with van der Waals surface area (Å²) in [6, 6.07) is 25.0. The molecule has 0 aliphatic carbocycles. The predicted octanol–water partition coefficient (Wildman–Crippen LogP) is 4.22. The Morgan fingerprint density at radius 1 is 0.833 bits per heavy atom. The molecular formula is C24H26N2O3S. The zero-order valence-corrected chi connectivity index (χ0v) is 18.0. The molecule has 156 valence electrons. The monoisotopic (exact) mass is 422 g/mol. The molecule has 0 radical (unpaired) electrons. The summed E-state index contributed by atoms with van der Waals surface area (Å²) in [5.74, 6) is -0.243. The summed E-state index contributed by atoms with van der Waals surface area (Å²) in [5, 5.41) is 2.85. The van der Waals surface area contributed by atoms with E-state index in [-0.39, 0.29) is 16.8 Å². The summed E-state index contributed by atoms with van der Waals surface area (Å²) in [6.45, 7) is 4.41. The molecule has 0 bridgehead atoms. The van der Waals surface area contributed by atoms with Gasteiger partial charge in [-0.2, -0.15) is 4.31 Å². The Labute approximate surface area is 178 Å². The van der Waals surface area contributed by atoms with Gasteiger partial charge in [-0.3, -0.25) is 4.79 Å². The largest absolute Gasteiger partial charge is 0.348 e. The molecule has 0 unspecified atom stereocenters. The quantitative estimate of drug-likeness (QED) is 0.591. The van der Waals surface area contributed by atoms with Gasteiger partial charge in [-0.1, -0.05) is 60.7 Å². The summed E-state index contributed by atoms with van der Waals surface area (Å²) >= 11 is 0. The number of nitrogens with one attached hydrogen (secondary N) is 1. The van der Waals surface area contributed by atoms with E-state index in [1.54, 1.807) is 12.1 Å². The van der Waals surface area contributed by atoms with Crippen molar-refractivity contribution in [2.45, 2.75) is 37.9 Å². The Balaban J connectivity index is 1.73. The van der Waals surface area contributed by atoms with Crippen molar-refractivity contribution in [2.75, 3.05) is 0 Å². The minimum atomic E-state index is -3.69. The molecule has 30 heavy (non-hydrogen) atoms. The van der Waals surface area contributed by atoms with Crippen LogP contribution in [-0.4, -0.2) is 24.7 Å². The van der Waals surface area contributed by atoms with Crippen LogP contribution in [0.4, 0.5) is 0 Å². The molecule has 0 heterocycles. The first kappa shape index (κ1) is 21.7. The molecule has 1 amide bonds. The van der Waals surface area contributed by atoms with Crippen LogP contribution in [0.2, 0.25) is 0 Å². The van der Waals surface area contributed by atoms with Crippen LogP contribution >= 0.6 is 0 Å². The highest BCUT2D eigenvalue weighted by atomic mass is 32.2. The molecule has 3 aromatic rings. The zero-order chi connectivity index (χ0) is 21.6. The van der Waals surface area contributed by atoms with Gasteiger partial charge in [-0.15, -0.1) is 0 Å². The molecule has 0 aliphatic rings. The summed E-state index contributed by atoms with van der Waals surface area (Å²) in [4.78, 5) is 12.6. The van der Waals surface area contributed by atoms with E-state index in [4.69, 9.17) is 0 Å². The average molecular weight is 423 g/mol. The summed E-state index contributed by atoms with van der Waals surface area (Å²) in [7, 11) is -3.69. The summed E-state index contributed by atoms with van der Waals surface area (Å²) < 4.78 is 27.9. The molecule has 6 heteroatoms. The summed E-state index contributed by atoms with van der Waals surface area (Å²) in [6.07, 6.45) is 0. The lowest BCUT2D eigenvalue weighted by Gasteiger charge is -2.26. The highest BCUT2D eigenvalue weighted by Gasteiger charge is 2.27. The normalized spacial score (nSPS) is 11.6. The van der Waals surface area contributed by atoms with Gasteiger partial charge in [0.1, 0.15) is 0 Å². The van der Waals surface area contributed by atoms with Crippen LogP contribution < -0.4 is 5.32 Å². The third-order valence-electron chi connectivity index (χ3n) is 4.78. The van der Waals surface area contributed by atoms with E-state index in [2.05, 4.69) is 5.32 Å². The van der Waals surface area contributed by atoms with Crippen LogP contribution in [0, 0.1) is 0 Å². The lowest BCUT2D eigenvalue weighted by Crippen LogP contribution is -2.36. The fourth-order valence-corrected chi connectivity index (χ4v) is 4.73. The van der Waals surface area contributed by atoms with E-state index in [1.807, 2.05) is 74.5 Å². The van der Waals surface area contributed by atoms with Gasteiger partial charge < -0.3 is 5.32 Å². The average Bonchev–Trinajstić information content (AvgIpc) is 2.77. The number of hydrogen-bond acceptors (Lipinski definition) is 3. The molecule has 0 aromatic heterocycles.